The second-order valence-corrected chi connectivity index (χ2v) is 13.5. The van der Waals surface area contributed by atoms with Crippen molar-refractivity contribution in [1.29, 1.82) is 0 Å². The third kappa shape index (κ3) is 13.7. The first-order valence-corrected chi connectivity index (χ1v) is 16.0. The molecule has 0 spiro atoms. The van der Waals surface area contributed by atoms with Crippen molar-refractivity contribution in [3.63, 3.8) is 0 Å². The number of nitrogens with two attached hydrogens (primary N) is 1. The van der Waals surface area contributed by atoms with E-state index in [-0.39, 0.29) is 6.17 Å². The van der Waals surface area contributed by atoms with Gasteiger partial charge in [0, 0.05) is 53.2 Å². The van der Waals surface area contributed by atoms with Crippen LogP contribution in [0.4, 0.5) is 0 Å². The molecule has 0 amide bonds. The highest BCUT2D eigenvalue weighted by molar-refractivity contribution is 6.61. The minimum atomic E-state index is -2.55. The van der Waals surface area contributed by atoms with Gasteiger partial charge in [-0.15, -0.1) is 0 Å². The molecule has 0 aromatic rings. The van der Waals surface area contributed by atoms with Crippen molar-refractivity contribution in [3.05, 3.63) is 0 Å². The Kier molecular flexibility index (Phi) is 19.4. The predicted octanol–water partition coefficient (Wildman–Crippen LogP) is 2.65. The van der Waals surface area contributed by atoms with Gasteiger partial charge in [-0.1, -0.05) is 19.3 Å². The zero-order chi connectivity index (χ0) is 24.3. The summed E-state index contributed by atoms with van der Waals surface area (Å²) < 4.78 is 33.1. The normalized spacial score (nSPS) is 16.5. The second kappa shape index (κ2) is 19.4. The average molecular weight is 498 g/mol. The summed E-state index contributed by atoms with van der Waals surface area (Å²) in [5.74, 6) is 0. The first kappa shape index (κ1) is 32.1. The van der Waals surface area contributed by atoms with Crippen molar-refractivity contribution in [1.82, 2.24) is 10.6 Å². The molecule has 194 valence electrons. The van der Waals surface area contributed by atoms with Crippen LogP contribution in [0.15, 0.2) is 0 Å². The molecule has 1 saturated carbocycles. The molecule has 11 heteroatoms. The molecule has 1 atom stereocenters. The van der Waals surface area contributed by atoms with Gasteiger partial charge in [-0.25, -0.2) is 0 Å². The van der Waals surface area contributed by atoms with E-state index in [0.717, 1.165) is 25.1 Å². The monoisotopic (exact) mass is 497 g/mol. The lowest BCUT2D eigenvalue weighted by atomic mass is 9.95. The van der Waals surface area contributed by atoms with Crippen molar-refractivity contribution in [2.75, 3.05) is 53.9 Å². The van der Waals surface area contributed by atoms with E-state index in [1.807, 2.05) is 27.7 Å². The summed E-state index contributed by atoms with van der Waals surface area (Å²) in [5.41, 5.74) is 5.63. The maximum Gasteiger partial charge on any atom is 0.515 e. The van der Waals surface area contributed by atoms with Crippen molar-refractivity contribution < 1.29 is 26.6 Å². The molecule has 32 heavy (non-hydrogen) atoms. The summed E-state index contributed by atoms with van der Waals surface area (Å²) in [5, 5.41) is 6.73. The van der Waals surface area contributed by atoms with E-state index < -0.39 is 17.6 Å². The summed E-state index contributed by atoms with van der Waals surface area (Å²) in [6.45, 7) is 10.5. The van der Waals surface area contributed by atoms with Gasteiger partial charge in [-0.2, -0.15) is 0 Å². The zero-order valence-corrected chi connectivity index (χ0v) is 23.7. The van der Waals surface area contributed by atoms with Crippen molar-refractivity contribution in [2.45, 2.75) is 84.5 Å². The van der Waals surface area contributed by atoms with Crippen LogP contribution < -0.4 is 16.4 Å². The molecule has 0 aromatic heterocycles. The molecule has 1 aliphatic rings. The van der Waals surface area contributed by atoms with Crippen molar-refractivity contribution in [2.24, 2.45) is 5.73 Å². The van der Waals surface area contributed by atoms with E-state index in [1.165, 1.54) is 32.1 Å². The molecular weight excluding hydrogens is 446 g/mol. The number of nitrogens with one attached hydrogen (secondary N) is 2. The Morgan fingerprint density at radius 1 is 0.844 bits per heavy atom. The van der Waals surface area contributed by atoms with Gasteiger partial charge >= 0.3 is 17.6 Å². The van der Waals surface area contributed by atoms with Crippen LogP contribution in [0.2, 0.25) is 6.04 Å². The smallest absolute Gasteiger partial charge is 0.377 e. The van der Waals surface area contributed by atoms with Crippen LogP contribution in [0, 0.1) is 0 Å². The Bertz CT molecular complexity index is 403. The highest BCUT2D eigenvalue weighted by Crippen LogP contribution is 2.18. The first-order chi connectivity index (χ1) is 15.4. The van der Waals surface area contributed by atoms with Crippen LogP contribution in [0.1, 0.15) is 66.2 Å². The van der Waals surface area contributed by atoms with Gasteiger partial charge in [-0.3, -0.25) is 5.32 Å². The minimum absolute atomic E-state index is 0.0850. The summed E-state index contributed by atoms with van der Waals surface area (Å²) in [7, 11) is 0.130. The van der Waals surface area contributed by atoms with Gasteiger partial charge in [0.15, 0.2) is 0 Å². The van der Waals surface area contributed by atoms with Crippen LogP contribution in [0.5, 0.6) is 0 Å². The highest BCUT2D eigenvalue weighted by Gasteiger charge is 2.40. The van der Waals surface area contributed by atoms with E-state index in [1.54, 1.807) is 21.3 Å². The van der Waals surface area contributed by atoms with Crippen LogP contribution in [0.25, 0.3) is 0 Å². The maximum absolute atomic E-state index is 5.64. The zero-order valence-electron chi connectivity index (χ0n) is 21.7. The fraction of sp³-hybridized carbons (Fsp3) is 1.00. The fourth-order valence-electron chi connectivity index (χ4n) is 3.70. The van der Waals surface area contributed by atoms with E-state index in [2.05, 4.69) is 10.6 Å². The molecule has 0 aliphatic heterocycles. The molecule has 0 saturated heterocycles. The summed E-state index contributed by atoms with van der Waals surface area (Å²) in [4.78, 5) is 0. The van der Waals surface area contributed by atoms with Gasteiger partial charge in [0.25, 0.3) is 0 Å². The topological polar surface area (TPSA) is 105 Å². The predicted molar refractivity (Wildman–Crippen MR) is 133 cm³/mol. The van der Waals surface area contributed by atoms with Gasteiger partial charge < -0.3 is 37.6 Å². The van der Waals surface area contributed by atoms with Crippen LogP contribution in [-0.4, -0.2) is 83.7 Å². The fourth-order valence-corrected chi connectivity index (χ4v) is 7.87. The van der Waals surface area contributed by atoms with Crippen LogP contribution in [0.3, 0.4) is 0 Å². The van der Waals surface area contributed by atoms with Gasteiger partial charge in [0.05, 0.1) is 12.3 Å². The molecule has 0 aromatic carbocycles. The molecule has 1 aliphatic carbocycles. The second-order valence-electron chi connectivity index (χ2n) is 7.84. The van der Waals surface area contributed by atoms with Crippen molar-refractivity contribution >= 4 is 17.6 Å². The number of hydrogen-bond acceptors (Lipinski definition) is 9. The largest absolute Gasteiger partial charge is 0.515 e. The molecule has 0 radical (unpaired) electrons. The third-order valence-corrected chi connectivity index (χ3v) is 11.0. The Balaban J connectivity index is 0.000000607. The average Bonchev–Trinajstić information content (AvgIpc) is 2.80. The first-order valence-electron chi connectivity index (χ1n) is 12.2. The highest BCUT2D eigenvalue weighted by atomic mass is 28.4. The van der Waals surface area contributed by atoms with Crippen LogP contribution in [-0.2, 0) is 26.6 Å². The van der Waals surface area contributed by atoms with Crippen LogP contribution >= 0.6 is 0 Å². The number of rotatable bonds is 17. The minimum Gasteiger partial charge on any atom is -0.377 e. The molecular formula is C21H51N3O6Si2. The lowest BCUT2D eigenvalue weighted by molar-refractivity contribution is 0.0694. The molecule has 1 rings (SSSR count). The molecule has 1 unspecified atom stereocenters. The Labute approximate surface area is 199 Å². The Hall–Kier alpha value is 0.0738. The SMILES string of the molecule is CCO[Si](CNC(C)N)(OCC)OCC.CO[Si](CCCNC1CCCCC1)(OC)OC. The quantitative estimate of drug-likeness (QED) is 0.159. The van der Waals surface area contributed by atoms with Gasteiger partial charge in [0.2, 0.25) is 0 Å². The van der Waals surface area contributed by atoms with Gasteiger partial charge in [0.1, 0.15) is 0 Å². The molecule has 9 nitrogen and oxygen atoms in total. The van der Waals surface area contributed by atoms with E-state index in [4.69, 9.17) is 32.3 Å². The van der Waals surface area contributed by atoms with E-state index >= 15 is 0 Å². The summed E-state index contributed by atoms with van der Waals surface area (Å²) in [6, 6.07) is 1.61. The molecule has 4 N–H and O–H groups in total. The van der Waals surface area contributed by atoms with E-state index in [9.17, 15) is 0 Å². The Morgan fingerprint density at radius 3 is 1.75 bits per heavy atom. The van der Waals surface area contributed by atoms with Gasteiger partial charge in [-0.05, 0) is 53.5 Å². The molecule has 0 bridgehead atoms. The lowest BCUT2D eigenvalue weighted by Gasteiger charge is -2.29. The summed E-state index contributed by atoms with van der Waals surface area (Å²) in [6.07, 6.45) is 8.36. The Morgan fingerprint density at radius 2 is 1.34 bits per heavy atom. The lowest BCUT2D eigenvalue weighted by Crippen LogP contribution is -2.56. The van der Waals surface area contributed by atoms with Crippen molar-refractivity contribution in [3.8, 4) is 0 Å². The molecule has 0 heterocycles. The number of hydrogen-bond donors (Lipinski definition) is 3. The maximum atomic E-state index is 5.64. The summed E-state index contributed by atoms with van der Waals surface area (Å²) >= 11 is 0. The third-order valence-electron chi connectivity index (χ3n) is 5.36. The van der Waals surface area contributed by atoms with E-state index in [0.29, 0.717) is 26.0 Å². The molecule has 1 fully saturated rings. The standard InChI is InChI=1S/C12H27NO3Si.C9H24N2O3Si/c1-14-17(15-2,16-3)11-7-10-13-12-8-5-4-6-9-12;1-5-12-15(13-6-2,14-7-3)8-11-9(4)10/h12-13H,4-11H2,1-3H3;9,11H,5-8,10H2,1-4H3.